The lowest BCUT2D eigenvalue weighted by molar-refractivity contribution is -0.155. The molecule has 2 N–H and O–H groups in total. The molecule has 184 valence electrons. The molecule has 0 aliphatic heterocycles. The standard InChI is InChI=1S/C23H22F4N6O2/c1-13(28-21(35)22(10-11-22)29-18(34)12-23(25,26)27)14-6-8-15(9-7-14)16-4-3-5-17(24)19(16)20-30-31-32-33(20)2/h3-9,13H,10-12H2,1-2H3,(H,28,35)(H,29,34)/t13-/m1/s1. The summed E-state index contributed by atoms with van der Waals surface area (Å²) in [5.41, 5.74) is 0.937. The number of halogens is 4. The molecule has 0 spiro atoms. The fourth-order valence-corrected chi connectivity index (χ4v) is 3.83. The van der Waals surface area contributed by atoms with Gasteiger partial charge in [0.2, 0.25) is 11.8 Å². The van der Waals surface area contributed by atoms with Crippen LogP contribution in [0.4, 0.5) is 17.6 Å². The van der Waals surface area contributed by atoms with Crippen LogP contribution in [0, 0.1) is 5.82 Å². The van der Waals surface area contributed by atoms with E-state index in [1.807, 2.05) is 0 Å². The van der Waals surface area contributed by atoms with Crippen LogP contribution in [0.5, 0.6) is 0 Å². The zero-order chi connectivity index (χ0) is 25.4. The quantitative estimate of drug-likeness (QED) is 0.494. The van der Waals surface area contributed by atoms with Crippen molar-refractivity contribution in [3.8, 4) is 22.5 Å². The van der Waals surface area contributed by atoms with Crippen molar-refractivity contribution in [3.05, 3.63) is 53.8 Å². The third-order valence-electron chi connectivity index (χ3n) is 5.85. The van der Waals surface area contributed by atoms with Crippen LogP contribution in [0.15, 0.2) is 42.5 Å². The van der Waals surface area contributed by atoms with Crippen molar-refractivity contribution in [1.29, 1.82) is 0 Å². The second kappa shape index (κ2) is 9.08. The van der Waals surface area contributed by atoms with E-state index >= 15 is 0 Å². The molecule has 1 saturated carbocycles. The summed E-state index contributed by atoms with van der Waals surface area (Å²) in [6, 6.07) is 11.2. The summed E-state index contributed by atoms with van der Waals surface area (Å²) < 4.78 is 53.4. The van der Waals surface area contributed by atoms with E-state index < -0.39 is 41.8 Å². The molecule has 1 aliphatic rings. The van der Waals surface area contributed by atoms with Gasteiger partial charge >= 0.3 is 6.18 Å². The minimum atomic E-state index is -4.64. The molecule has 0 radical (unpaired) electrons. The fraction of sp³-hybridized carbons (Fsp3) is 0.348. The molecule has 1 aliphatic carbocycles. The van der Waals surface area contributed by atoms with Gasteiger partial charge in [0.25, 0.3) is 0 Å². The first-order valence-corrected chi connectivity index (χ1v) is 10.8. The van der Waals surface area contributed by atoms with Gasteiger partial charge in [-0.3, -0.25) is 9.59 Å². The monoisotopic (exact) mass is 490 g/mol. The van der Waals surface area contributed by atoms with Crippen LogP contribution in [-0.2, 0) is 16.6 Å². The molecule has 1 heterocycles. The Balaban J connectivity index is 1.48. The van der Waals surface area contributed by atoms with Gasteiger partial charge in [0.15, 0.2) is 5.82 Å². The average molecular weight is 490 g/mol. The maximum absolute atomic E-state index is 14.7. The van der Waals surface area contributed by atoms with Crippen molar-refractivity contribution in [3.63, 3.8) is 0 Å². The van der Waals surface area contributed by atoms with Crippen molar-refractivity contribution >= 4 is 11.8 Å². The average Bonchev–Trinajstić information content (AvgIpc) is 3.44. The van der Waals surface area contributed by atoms with Gasteiger partial charge in [-0.15, -0.1) is 5.10 Å². The number of rotatable bonds is 7. The molecule has 2 aromatic carbocycles. The smallest absolute Gasteiger partial charge is 0.348 e. The second-order valence-electron chi connectivity index (χ2n) is 8.53. The molecule has 0 saturated heterocycles. The molecule has 12 heteroatoms. The van der Waals surface area contributed by atoms with E-state index in [1.165, 1.54) is 10.7 Å². The van der Waals surface area contributed by atoms with Gasteiger partial charge in [0, 0.05) is 7.05 Å². The molecule has 35 heavy (non-hydrogen) atoms. The molecule has 0 bridgehead atoms. The SMILES string of the molecule is C[C@@H](NC(=O)C1(NC(=O)CC(F)(F)F)CC1)c1ccc(-c2cccc(F)c2-c2nnnn2C)cc1. The van der Waals surface area contributed by atoms with Crippen LogP contribution in [0.25, 0.3) is 22.5 Å². The Morgan fingerprint density at radius 2 is 1.83 bits per heavy atom. The van der Waals surface area contributed by atoms with Gasteiger partial charge in [-0.1, -0.05) is 36.4 Å². The number of aromatic nitrogens is 4. The minimum absolute atomic E-state index is 0.249. The van der Waals surface area contributed by atoms with E-state index in [0.29, 0.717) is 11.1 Å². The number of tetrazole rings is 1. The van der Waals surface area contributed by atoms with Crippen LogP contribution in [-0.4, -0.2) is 43.7 Å². The van der Waals surface area contributed by atoms with Crippen molar-refractivity contribution in [2.75, 3.05) is 0 Å². The minimum Gasteiger partial charge on any atom is -0.348 e. The Morgan fingerprint density at radius 1 is 1.14 bits per heavy atom. The normalized spacial score (nSPS) is 15.4. The summed E-state index contributed by atoms with van der Waals surface area (Å²) in [5.74, 6) is -1.98. The Morgan fingerprint density at radius 3 is 2.40 bits per heavy atom. The van der Waals surface area contributed by atoms with Gasteiger partial charge in [0.05, 0.1) is 11.6 Å². The van der Waals surface area contributed by atoms with Gasteiger partial charge in [-0.2, -0.15) is 13.2 Å². The number of carbonyl (C=O) groups is 2. The van der Waals surface area contributed by atoms with Crippen molar-refractivity contribution in [2.45, 2.75) is 43.9 Å². The summed E-state index contributed by atoms with van der Waals surface area (Å²) in [4.78, 5) is 24.3. The number of nitrogens with one attached hydrogen (secondary N) is 2. The first-order chi connectivity index (χ1) is 16.5. The highest BCUT2D eigenvalue weighted by molar-refractivity contribution is 5.94. The van der Waals surface area contributed by atoms with Gasteiger partial charge in [0.1, 0.15) is 17.8 Å². The number of carbonyl (C=O) groups excluding carboxylic acids is 2. The van der Waals surface area contributed by atoms with Gasteiger partial charge in [-0.25, -0.2) is 9.07 Å². The topological polar surface area (TPSA) is 102 Å². The summed E-state index contributed by atoms with van der Waals surface area (Å²) in [6.45, 7) is 1.72. The maximum atomic E-state index is 14.7. The molecule has 1 atom stereocenters. The Bertz CT molecular complexity index is 1250. The predicted molar refractivity (Wildman–Crippen MR) is 117 cm³/mol. The lowest BCUT2D eigenvalue weighted by atomic mass is 9.96. The Hall–Kier alpha value is -3.83. The molecule has 2 amide bonds. The zero-order valence-electron chi connectivity index (χ0n) is 18.9. The third kappa shape index (κ3) is 5.31. The van der Waals surface area contributed by atoms with E-state index in [4.69, 9.17) is 0 Å². The Labute approximate surface area is 197 Å². The highest BCUT2D eigenvalue weighted by Gasteiger charge is 2.52. The fourth-order valence-electron chi connectivity index (χ4n) is 3.83. The number of benzene rings is 2. The maximum Gasteiger partial charge on any atom is 0.397 e. The summed E-state index contributed by atoms with van der Waals surface area (Å²) in [7, 11) is 1.61. The van der Waals surface area contributed by atoms with Gasteiger partial charge < -0.3 is 10.6 Å². The van der Waals surface area contributed by atoms with Crippen molar-refractivity contribution in [2.24, 2.45) is 7.05 Å². The number of alkyl halides is 3. The van der Waals surface area contributed by atoms with Crippen LogP contribution < -0.4 is 10.6 Å². The molecule has 0 unspecified atom stereocenters. The van der Waals surface area contributed by atoms with Gasteiger partial charge in [-0.05, 0) is 52.9 Å². The molecule has 4 rings (SSSR count). The van der Waals surface area contributed by atoms with E-state index in [2.05, 4.69) is 26.2 Å². The first kappa shape index (κ1) is 24.3. The van der Waals surface area contributed by atoms with E-state index in [9.17, 15) is 27.2 Å². The summed E-state index contributed by atoms with van der Waals surface area (Å²) in [6.07, 6.45) is -5.73. The molecular formula is C23H22F4N6O2. The molecule has 1 aromatic heterocycles. The lowest BCUT2D eigenvalue weighted by Crippen LogP contribution is -2.50. The summed E-state index contributed by atoms with van der Waals surface area (Å²) >= 11 is 0. The molecule has 8 nitrogen and oxygen atoms in total. The number of amides is 2. The van der Waals surface area contributed by atoms with Crippen molar-refractivity contribution in [1.82, 2.24) is 30.8 Å². The molecular weight excluding hydrogens is 468 g/mol. The van der Waals surface area contributed by atoms with Crippen LogP contribution in [0.2, 0.25) is 0 Å². The molecule has 1 fully saturated rings. The second-order valence-corrected chi connectivity index (χ2v) is 8.53. The first-order valence-electron chi connectivity index (χ1n) is 10.8. The third-order valence-corrected chi connectivity index (χ3v) is 5.85. The van der Waals surface area contributed by atoms with Crippen LogP contribution >= 0.6 is 0 Å². The number of hydrogen-bond acceptors (Lipinski definition) is 5. The summed E-state index contributed by atoms with van der Waals surface area (Å²) in [5, 5.41) is 16.2. The highest BCUT2D eigenvalue weighted by atomic mass is 19.4. The largest absolute Gasteiger partial charge is 0.397 e. The Kier molecular flexibility index (Phi) is 6.30. The zero-order valence-corrected chi connectivity index (χ0v) is 18.9. The highest BCUT2D eigenvalue weighted by Crippen LogP contribution is 2.37. The lowest BCUT2D eigenvalue weighted by Gasteiger charge is -2.21. The number of nitrogens with zero attached hydrogens (tertiary/aromatic N) is 4. The molecule has 3 aromatic rings. The van der Waals surface area contributed by atoms with Crippen LogP contribution in [0.1, 0.15) is 37.8 Å². The van der Waals surface area contributed by atoms with E-state index in [1.54, 1.807) is 50.4 Å². The predicted octanol–water partition coefficient (Wildman–Crippen LogP) is 3.46. The van der Waals surface area contributed by atoms with E-state index in [-0.39, 0.29) is 24.2 Å². The van der Waals surface area contributed by atoms with Crippen molar-refractivity contribution < 1.29 is 27.2 Å². The van der Waals surface area contributed by atoms with E-state index in [0.717, 1.165) is 5.56 Å². The number of hydrogen-bond donors (Lipinski definition) is 2. The van der Waals surface area contributed by atoms with Crippen LogP contribution in [0.3, 0.4) is 0 Å². The number of aryl methyl sites for hydroxylation is 1.